The van der Waals surface area contributed by atoms with Gasteiger partial charge in [0.25, 0.3) is 0 Å². The van der Waals surface area contributed by atoms with Gasteiger partial charge in [0.15, 0.2) is 0 Å². The predicted octanol–water partition coefficient (Wildman–Crippen LogP) is 2.15. The lowest BCUT2D eigenvalue weighted by Gasteiger charge is -2.06. The van der Waals surface area contributed by atoms with Crippen molar-refractivity contribution in [3.63, 3.8) is 0 Å². The van der Waals surface area contributed by atoms with Crippen molar-refractivity contribution in [2.75, 3.05) is 7.11 Å². The molecule has 0 aliphatic rings. The quantitative estimate of drug-likeness (QED) is 0.450. The first kappa shape index (κ1) is 10.2. The Balaban J connectivity index is 3.42. The summed E-state index contributed by atoms with van der Waals surface area (Å²) in [6.45, 7) is 5.66. The first-order valence-corrected chi connectivity index (χ1v) is 3.88. The van der Waals surface area contributed by atoms with Crippen molar-refractivity contribution in [1.82, 2.24) is 0 Å². The molecule has 0 radical (unpaired) electrons. The lowest BCUT2D eigenvalue weighted by molar-refractivity contribution is -0.141. The van der Waals surface area contributed by atoms with E-state index in [4.69, 9.17) is 0 Å². The molecule has 0 N–H and O–H groups in total. The Labute approximate surface area is 68.2 Å². The van der Waals surface area contributed by atoms with Crippen LogP contribution in [0.1, 0.15) is 26.2 Å². The van der Waals surface area contributed by atoms with Gasteiger partial charge >= 0.3 is 5.97 Å². The zero-order chi connectivity index (χ0) is 8.69. The lowest BCUT2D eigenvalue weighted by atomic mass is 10.0. The highest BCUT2D eigenvalue weighted by molar-refractivity contribution is 5.69. The Morgan fingerprint density at radius 3 is 2.82 bits per heavy atom. The molecule has 0 spiro atoms. The van der Waals surface area contributed by atoms with Crippen LogP contribution < -0.4 is 0 Å². The van der Waals surface area contributed by atoms with Gasteiger partial charge in [-0.2, -0.15) is 0 Å². The SMILES string of the molecule is C=CCC[C@H](C)CC(=O)OC. The molecule has 0 aliphatic heterocycles. The third kappa shape index (κ3) is 5.64. The van der Waals surface area contributed by atoms with Gasteiger partial charge in [0.05, 0.1) is 7.11 Å². The van der Waals surface area contributed by atoms with Crippen molar-refractivity contribution in [2.24, 2.45) is 5.92 Å². The number of carbonyl (C=O) groups excluding carboxylic acids is 1. The Kier molecular flexibility index (Phi) is 5.53. The van der Waals surface area contributed by atoms with E-state index >= 15 is 0 Å². The lowest BCUT2D eigenvalue weighted by Crippen LogP contribution is -2.06. The Morgan fingerprint density at radius 1 is 1.73 bits per heavy atom. The van der Waals surface area contributed by atoms with Gasteiger partial charge in [-0.15, -0.1) is 6.58 Å². The van der Waals surface area contributed by atoms with Crippen LogP contribution in [0.15, 0.2) is 12.7 Å². The van der Waals surface area contributed by atoms with Crippen LogP contribution in [-0.2, 0) is 9.53 Å². The molecular weight excluding hydrogens is 140 g/mol. The highest BCUT2D eigenvalue weighted by Crippen LogP contribution is 2.10. The average Bonchev–Trinajstić information content (AvgIpc) is 2.00. The molecule has 2 nitrogen and oxygen atoms in total. The molecule has 2 heteroatoms. The summed E-state index contributed by atoms with van der Waals surface area (Å²) in [5, 5.41) is 0. The molecule has 0 heterocycles. The van der Waals surface area contributed by atoms with Gasteiger partial charge in [-0.05, 0) is 18.8 Å². The minimum Gasteiger partial charge on any atom is -0.469 e. The van der Waals surface area contributed by atoms with Gasteiger partial charge in [0.1, 0.15) is 0 Å². The van der Waals surface area contributed by atoms with Crippen molar-refractivity contribution in [1.29, 1.82) is 0 Å². The fraction of sp³-hybridized carbons (Fsp3) is 0.667. The summed E-state index contributed by atoms with van der Waals surface area (Å²) in [5.41, 5.74) is 0. The van der Waals surface area contributed by atoms with Crippen molar-refractivity contribution in [2.45, 2.75) is 26.2 Å². The van der Waals surface area contributed by atoms with Crippen LogP contribution in [0.2, 0.25) is 0 Å². The van der Waals surface area contributed by atoms with E-state index < -0.39 is 0 Å². The highest BCUT2D eigenvalue weighted by atomic mass is 16.5. The average molecular weight is 156 g/mol. The third-order valence-electron chi connectivity index (χ3n) is 1.61. The summed E-state index contributed by atoms with van der Waals surface area (Å²) in [7, 11) is 1.42. The van der Waals surface area contributed by atoms with Crippen LogP contribution in [0, 0.1) is 5.92 Å². The smallest absolute Gasteiger partial charge is 0.305 e. The van der Waals surface area contributed by atoms with Gasteiger partial charge in [0.2, 0.25) is 0 Å². The molecule has 0 aliphatic carbocycles. The summed E-state index contributed by atoms with van der Waals surface area (Å²) in [6.07, 6.45) is 4.37. The minimum absolute atomic E-state index is 0.124. The molecule has 0 aromatic rings. The van der Waals surface area contributed by atoms with Crippen LogP contribution in [0.3, 0.4) is 0 Å². The first-order chi connectivity index (χ1) is 5.20. The number of methoxy groups -OCH3 is 1. The van der Waals surface area contributed by atoms with E-state index in [0.717, 1.165) is 12.8 Å². The fourth-order valence-electron chi connectivity index (χ4n) is 0.872. The van der Waals surface area contributed by atoms with Gasteiger partial charge in [-0.1, -0.05) is 13.0 Å². The molecule has 0 aromatic carbocycles. The van der Waals surface area contributed by atoms with Crippen LogP contribution >= 0.6 is 0 Å². The zero-order valence-corrected chi connectivity index (χ0v) is 7.30. The van der Waals surface area contributed by atoms with Crippen LogP contribution in [-0.4, -0.2) is 13.1 Å². The predicted molar refractivity (Wildman–Crippen MR) is 45.2 cm³/mol. The standard InChI is InChI=1S/C9H16O2/c1-4-5-6-8(2)7-9(10)11-3/h4,8H,1,5-7H2,2-3H3/t8-/m0/s1. The highest BCUT2D eigenvalue weighted by Gasteiger charge is 2.07. The Bertz CT molecular complexity index is 130. The largest absolute Gasteiger partial charge is 0.469 e. The van der Waals surface area contributed by atoms with E-state index in [9.17, 15) is 4.79 Å². The van der Waals surface area contributed by atoms with E-state index in [1.54, 1.807) is 0 Å². The normalized spacial score (nSPS) is 12.2. The maximum atomic E-state index is 10.7. The number of carbonyl (C=O) groups is 1. The number of esters is 1. The number of allylic oxidation sites excluding steroid dienone is 1. The molecule has 0 rings (SSSR count). The molecule has 11 heavy (non-hydrogen) atoms. The van der Waals surface area contributed by atoms with Crippen LogP contribution in [0.5, 0.6) is 0 Å². The van der Waals surface area contributed by atoms with E-state index in [-0.39, 0.29) is 5.97 Å². The topological polar surface area (TPSA) is 26.3 Å². The molecule has 0 aromatic heterocycles. The second-order valence-electron chi connectivity index (χ2n) is 2.75. The molecule has 1 atom stereocenters. The van der Waals surface area contributed by atoms with Crippen molar-refractivity contribution >= 4 is 5.97 Å². The van der Waals surface area contributed by atoms with Crippen molar-refractivity contribution in [3.05, 3.63) is 12.7 Å². The second-order valence-corrected chi connectivity index (χ2v) is 2.75. The number of ether oxygens (including phenoxy) is 1. The summed E-state index contributed by atoms with van der Waals surface area (Å²) in [5.74, 6) is 0.280. The minimum atomic E-state index is -0.124. The number of rotatable bonds is 5. The Hall–Kier alpha value is -0.790. The monoisotopic (exact) mass is 156 g/mol. The van der Waals surface area contributed by atoms with Gasteiger partial charge in [-0.25, -0.2) is 0 Å². The Morgan fingerprint density at radius 2 is 2.36 bits per heavy atom. The van der Waals surface area contributed by atoms with E-state index in [1.807, 2.05) is 13.0 Å². The first-order valence-electron chi connectivity index (χ1n) is 3.88. The molecule has 0 amide bonds. The van der Waals surface area contributed by atoms with Gasteiger partial charge in [-0.3, -0.25) is 4.79 Å². The summed E-state index contributed by atoms with van der Waals surface area (Å²) < 4.78 is 4.54. The van der Waals surface area contributed by atoms with E-state index in [0.29, 0.717) is 12.3 Å². The summed E-state index contributed by atoms with van der Waals surface area (Å²) in [4.78, 5) is 10.7. The van der Waals surface area contributed by atoms with E-state index in [1.165, 1.54) is 7.11 Å². The molecule has 0 bridgehead atoms. The second kappa shape index (κ2) is 5.96. The van der Waals surface area contributed by atoms with Crippen molar-refractivity contribution < 1.29 is 9.53 Å². The number of hydrogen-bond acceptors (Lipinski definition) is 2. The molecule has 64 valence electrons. The molecule has 0 unspecified atom stereocenters. The molecular formula is C9H16O2. The molecule has 0 saturated carbocycles. The van der Waals surface area contributed by atoms with Crippen LogP contribution in [0.4, 0.5) is 0 Å². The van der Waals surface area contributed by atoms with Gasteiger partial charge in [0, 0.05) is 6.42 Å². The van der Waals surface area contributed by atoms with Crippen molar-refractivity contribution in [3.8, 4) is 0 Å². The summed E-state index contributed by atoms with van der Waals surface area (Å²) in [6, 6.07) is 0. The maximum Gasteiger partial charge on any atom is 0.305 e. The fourth-order valence-corrected chi connectivity index (χ4v) is 0.872. The number of hydrogen-bond donors (Lipinski definition) is 0. The maximum absolute atomic E-state index is 10.7. The van der Waals surface area contributed by atoms with Gasteiger partial charge < -0.3 is 4.74 Å². The zero-order valence-electron chi connectivity index (χ0n) is 7.30. The third-order valence-corrected chi connectivity index (χ3v) is 1.61. The molecule has 0 fully saturated rings. The van der Waals surface area contributed by atoms with Crippen LogP contribution in [0.25, 0.3) is 0 Å². The molecule has 0 saturated heterocycles. The summed E-state index contributed by atoms with van der Waals surface area (Å²) >= 11 is 0. The van der Waals surface area contributed by atoms with E-state index in [2.05, 4.69) is 11.3 Å².